The third kappa shape index (κ3) is 2.48. The summed E-state index contributed by atoms with van der Waals surface area (Å²) >= 11 is 0. The number of carboxylic acid groups (broad SMARTS) is 1. The number of pyridine rings is 1. The first-order valence-corrected chi connectivity index (χ1v) is 5.56. The van der Waals surface area contributed by atoms with E-state index in [1.807, 2.05) is 12.1 Å². The van der Waals surface area contributed by atoms with E-state index in [1.54, 1.807) is 31.2 Å². The van der Waals surface area contributed by atoms with Crippen LogP contribution in [0.2, 0.25) is 0 Å². The molecule has 0 radical (unpaired) electrons. The molecule has 2 aromatic rings. The van der Waals surface area contributed by atoms with Gasteiger partial charge in [-0.15, -0.1) is 0 Å². The van der Waals surface area contributed by atoms with E-state index < -0.39 is 11.9 Å². The molecule has 1 atom stereocenters. The predicted molar refractivity (Wildman–Crippen MR) is 67.4 cm³/mol. The van der Waals surface area contributed by atoms with E-state index in [0.29, 0.717) is 0 Å². The summed E-state index contributed by atoms with van der Waals surface area (Å²) in [5, 5.41) is 18.1. The third-order valence-electron chi connectivity index (χ3n) is 2.82. The van der Waals surface area contributed by atoms with Crippen molar-refractivity contribution in [3.63, 3.8) is 0 Å². The van der Waals surface area contributed by atoms with Gasteiger partial charge in [0.25, 0.3) is 0 Å². The Labute approximate surface area is 105 Å². The SMILES string of the molecule is CC(C(=O)O)c1ccc(-c2ccc(O)cn2)cc1. The van der Waals surface area contributed by atoms with Gasteiger partial charge in [-0.2, -0.15) is 0 Å². The normalized spacial score (nSPS) is 12.1. The molecular weight excluding hydrogens is 230 g/mol. The Balaban J connectivity index is 2.27. The van der Waals surface area contributed by atoms with Gasteiger partial charge < -0.3 is 10.2 Å². The maximum atomic E-state index is 10.9. The Morgan fingerprint density at radius 2 is 1.83 bits per heavy atom. The van der Waals surface area contributed by atoms with Crippen LogP contribution in [-0.4, -0.2) is 21.2 Å². The molecule has 0 aliphatic carbocycles. The third-order valence-corrected chi connectivity index (χ3v) is 2.82. The summed E-state index contributed by atoms with van der Waals surface area (Å²) in [6.07, 6.45) is 1.38. The van der Waals surface area contributed by atoms with Crippen LogP contribution in [0.3, 0.4) is 0 Å². The quantitative estimate of drug-likeness (QED) is 0.869. The summed E-state index contributed by atoms with van der Waals surface area (Å²) in [6, 6.07) is 10.5. The lowest BCUT2D eigenvalue weighted by Gasteiger charge is -2.07. The first kappa shape index (κ1) is 12.1. The molecule has 0 bridgehead atoms. The second-order valence-electron chi connectivity index (χ2n) is 4.08. The molecule has 1 aromatic heterocycles. The Kier molecular flexibility index (Phi) is 3.28. The highest BCUT2D eigenvalue weighted by molar-refractivity contribution is 5.76. The van der Waals surface area contributed by atoms with Crippen molar-refractivity contribution in [2.45, 2.75) is 12.8 Å². The van der Waals surface area contributed by atoms with Crippen molar-refractivity contribution in [1.82, 2.24) is 4.98 Å². The minimum absolute atomic E-state index is 0.120. The standard InChI is InChI=1S/C14H13NO3/c1-9(14(17)18)10-2-4-11(5-3-10)13-7-6-12(16)8-15-13/h2-9,16H,1H3,(H,17,18). The molecule has 0 aliphatic rings. The van der Waals surface area contributed by atoms with Crippen LogP contribution in [0, 0.1) is 0 Å². The van der Waals surface area contributed by atoms with E-state index in [-0.39, 0.29) is 5.75 Å². The second-order valence-corrected chi connectivity index (χ2v) is 4.08. The first-order chi connectivity index (χ1) is 8.58. The van der Waals surface area contributed by atoms with Crippen LogP contribution >= 0.6 is 0 Å². The number of carboxylic acids is 1. The zero-order valence-electron chi connectivity index (χ0n) is 9.87. The minimum Gasteiger partial charge on any atom is -0.506 e. The molecule has 1 heterocycles. The Morgan fingerprint density at radius 1 is 1.17 bits per heavy atom. The van der Waals surface area contributed by atoms with E-state index in [2.05, 4.69) is 4.98 Å². The van der Waals surface area contributed by atoms with Gasteiger partial charge in [0.05, 0.1) is 17.8 Å². The van der Waals surface area contributed by atoms with Crippen LogP contribution in [0.15, 0.2) is 42.6 Å². The molecular formula is C14H13NO3. The summed E-state index contributed by atoms with van der Waals surface area (Å²) in [5.41, 5.74) is 2.38. The molecule has 4 heteroatoms. The van der Waals surface area contributed by atoms with Crippen molar-refractivity contribution in [3.05, 3.63) is 48.2 Å². The fourth-order valence-electron chi connectivity index (χ4n) is 1.64. The number of aromatic hydroxyl groups is 1. The number of benzene rings is 1. The van der Waals surface area contributed by atoms with E-state index >= 15 is 0 Å². The van der Waals surface area contributed by atoms with Crippen LogP contribution in [0.5, 0.6) is 5.75 Å². The molecule has 4 nitrogen and oxygen atoms in total. The topological polar surface area (TPSA) is 70.4 Å². The van der Waals surface area contributed by atoms with Gasteiger partial charge in [0, 0.05) is 5.56 Å². The van der Waals surface area contributed by atoms with Crippen molar-refractivity contribution in [1.29, 1.82) is 0 Å². The van der Waals surface area contributed by atoms with Gasteiger partial charge >= 0.3 is 5.97 Å². The van der Waals surface area contributed by atoms with Gasteiger partial charge in [0.15, 0.2) is 0 Å². The van der Waals surface area contributed by atoms with Gasteiger partial charge in [0.2, 0.25) is 0 Å². The van der Waals surface area contributed by atoms with E-state index in [9.17, 15) is 4.79 Å². The zero-order valence-corrected chi connectivity index (χ0v) is 9.87. The van der Waals surface area contributed by atoms with Crippen molar-refractivity contribution >= 4 is 5.97 Å². The maximum absolute atomic E-state index is 10.9. The molecule has 92 valence electrons. The molecule has 1 unspecified atom stereocenters. The Hall–Kier alpha value is -2.36. The van der Waals surface area contributed by atoms with E-state index in [0.717, 1.165) is 16.8 Å². The monoisotopic (exact) mass is 243 g/mol. The first-order valence-electron chi connectivity index (χ1n) is 5.56. The van der Waals surface area contributed by atoms with Gasteiger partial charge in [-0.05, 0) is 24.6 Å². The molecule has 0 amide bonds. The van der Waals surface area contributed by atoms with Crippen LogP contribution in [0.4, 0.5) is 0 Å². The minimum atomic E-state index is -0.842. The molecule has 18 heavy (non-hydrogen) atoms. The van der Waals surface area contributed by atoms with Crippen LogP contribution in [0.1, 0.15) is 18.4 Å². The molecule has 0 fully saturated rings. The molecule has 0 saturated heterocycles. The maximum Gasteiger partial charge on any atom is 0.310 e. The smallest absolute Gasteiger partial charge is 0.310 e. The van der Waals surface area contributed by atoms with Crippen molar-refractivity contribution in [3.8, 4) is 17.0 Å². The van der Waals surface area contributed by atoms with Crippen molar-refractivity contribution in [2.24, 2.45) is 0 Å². The summed E-state index contributed by atoms with van der Waals surface area (Å²) in [6.45, 7) is 1.65. The predicted octanol–water partition coefficient (Wildman–Crippen LogP) is 2.64. The molecule has 2 rings (SSSR count). The van der Waals surface area contributed by atoms with E-state index in [4.69, 9.17) is 10.2 Å². The Morgan fingerprint density at radius 3 is 2.33 bits per heavy atom. The number of aliphatic carboxylic acids is 1. The van der Waals surface area contributed by atoms with Crippen LogP contribution < -0.4 is 0 Å². The van der Waals surface area contributed by atoms with Gasteiger partial charge in [-0.25, -0.2) is 0 Å². The largest absolute Gasteiger partial charge is 0.506 e. The van der Waals surface area contributed by atoms with Gasteiger partial charge in [-0.3, -0.25) is 9.78 Å². The fraction of sp³-hybridized carbons (Fsp3) is 0.143. The zero-order chi connectivity index (χ0) is 13.1. The van der Waals surface area contributed by atoms with Gasteiger partial charge in [0.1, 0.15) is 5.75 Å². The highest BCUT2D eigenvalue weighted by atomic mass is 16.4. The average Bonchev–Trinajstić information content (AvgIpc) is 2.39. The van der Waals surface area contributed by atoms with Crippen LogP contribution in [0.25, 0.3) is 11.3 Å². The molecule has 2 N–H and O–H groups in total. The van der Waals surface area contributed by atoms with E-state index in [1.165, 1.54) is 6.20 Å². The number of hydrogen-bond donors (Lipinski definition) is 2. The highest BCUT2D eigenvalue weighted by Crippen LogP contribution is 2.22. The molecule has 0 spiro atoms. The number of rotatable bonds is 3. The molecule has 0 aliphatic heterocycles. The van der Waals surface area contributed by atoms with Crippen molar-refractivity contribution < 1.29 is 15.0 Å². The summed E-state index contributed by atoms with van der Waals surface area (Å²) < 4.78 is 0. The molecule has 0 saturated carbocycles. The molecule has 1 aromatic carbocycles. The van der Waals surface area contributed by atoms with Crippen LogP contribution in [-0.2, 0) is 4.79 Å². The number of carbonyl (C=O) groups is 1. The number of hydrogen-bond acceptors (Lipinski definition) is 3. The number of nitrogens with zero attached hydrogens (tertiary/aromatic N) is 1. The Bertz CT molecular complexity index is 546. The van der Waals surface area contributed by atoms with Crippen molar-refractivity contribution in [2.75, 3.05) is 0 Å². The summed E-state index contributed by atoms with van der Waals surface area (Å²) in [4.78, 5) is 14.9. The number of aromatic nitrogens is 1. The lowest BCUT2D eigenvalue weighted by Crippen LogP contribution is -2.06. The lowest BCUT2D eigenvalue weighted by molar-refractivity contribution is -0.138. The summed E-state index contributed by atoms with van der Waals surface area (Å²) in [7, 11) is 0. The average molecular weight is 243 g/mol. The highest BCUT2D eigenvalue weighted by Gasteiger charge is 2.13. The van der Waals surface area contributed by atoms with Gasteiger partial charge in [-0.1, -0.05) is 24.3 Å². The lowest BCUT2D eigenvalue weighted by atomic mass is 9.99. The summed E-state index contributed by atoms with van der Waals surface area (Å²) in [5.74, 6) is -1.24. The fourth-order valence-corrected chi connectivity index (χ4v) is 1.64. The second kappa shape index (κ2) is 4.87.